The van der Waals surface area contributed by atoms with Crippen LogP contribution in [0.2, 0.25) is 0 Å². The molecule has 0 saturated heterocycles. The molecule has 51 heavy (non-hydrogen) atoms. The van der Waals surface area contributed by atoms with Crippen LogP contribution in [-0.2, 0) is 20.7 Å². The summed E-state index contributed by atoms with van der Waals surface area (Å²) in [4.78, 5) is 55.9. The molecule has 1 atom stereocenters. The molecule has 13 heteroatoms. The number of carbonyl (C=O) groups excluding carboxylic acids is 3. The zero-order chi connectivity index (χ0) is 36.3. The van der Waals surface area contributed by atoms with Crippen LogP contribution >= 0.6 is 0 Å². The van der Waals surface area contributed by atoms with Crippen LogP contribution in [-0.4, -0.2) is 56.4 Å². The summed E-state index contributed by atoms with van der Waals surface area (Å²) in [6, 6.07) is 17.5. The zero-order valence-electron chi connectivity index (χ0n) is 29.2. The number of benzene rings is 3. The van der Waals surface area contributed by atoms with Crippen molar-refractivity contribution >= 4 is 34.5 Å². The molecule has 1 fully saturated rings. The molecule has 6 rings (SSSR count). The molecular weight excluding hydrogens is 650 g/mol. The number of nitrogens with two attached hydrogens (primary N) is 1. The molecule has 5 aromatic rings. The first kappa shape index (κ1) is 35.3. The zero-order valence-corrected chi connectivity index (χ0v) is 29.2. The Hall–Kier alpha value is -5.56. The van der Waals surface area contributed by atoms with Gasteiger partial charge in [-0.1, -0.05) is 35.5 Å². The van der Waals surface area contributed by atoms with Crippen LogP contribution in [0.25, 0.3) is 33.4 Å². The average Bonchev–Trinajstić information content (AvgIpc) is 3.76. The Balaban J connectivity index is 1.20. The van der Waals surface area contributed by atoms with Gasteiger partial charge < -0.3 is 15.8 Å². The minimum absolute atomic E-state index is 0.181. The lowest BCUT2D eigenvalue weighted by Gasteiger charge is -2.32. The van der Waals surface area contributed by atoms with Crippen LogP contribution in [0.5, 0.6) is 0 Å². The van der Waals surface area contributed by atoms with Gasteiger partial charge in [-0.05, 0) is 118 Å². The Morgan fingerprint density at radius 2 is 1.78 bits per heavy atom. The number of amides is 3. The Morgan fingerprint density at radius 3 is 2.47 bits per heavy atom. The number of nitrogens with zero attached hydrogens (tertiary/aromatic N) is 3. The standard InChI is InChI=1S/C38H43N7O6/c1-22-8-17-31-29(21-41-43-31)32(22)27-7-5-6-24(18-27)19-30(39)35(47)45(28-15-13-25(14-16-28)33-42-37(49)51-44-33)34(46)26-11-9-23(10-12-26)20-40-36(48)50-38(2,3)4/h5-8,13-18,21,23,26,30H,9-12,19-20,39H2,1-4H3,(H,40,48)(H,41,43)(H,42,44,49)/t23-,26-,30-/m0/s1. The van der Waals surface area contributed by atoms with Crippen molar-refractivity contribution < 1.29 is 23.6 Å². The lowest BCUT2D eigenvalue weighted by molar-refractivity contribution is -0.130. The van der Waals surface area contributed by atoms with Crippen LogP contribution in [0.1, 0.15) is 57.6 Å². The third-order valence-electron chi connectivity index (χ3n) is 9.23. The number of carbonyl (C=O) groups is 3. The van der Waals surface area contributed by atoms with E-state index in [4.69, 9.17) is 10.5 Å². The third-order valence-corrected chi connectivity index (χ3v) is 9.23. The first-order valence-corrected chi connectivity index (χ1v) is 17.1. The monoisotopic (exact) mass is 693 g/mol. The number of aromatic nitrogens is 4. The fraction of sp³-hybridized carbons (Fsp3) is 0.368. The maximum Gasteiger partial charge on any atom is 0.439 e. The number of H-pyrrole nitrogens is 2. The van der Waals surface area contributed by atoms with Gasteiger partial charge in [0, 0.05) is 23.4 Å². The fourth-order valence-electron chi connectivity index (χ4n) is 6.69. The number of aryl methyl sites for hydroxylation is 1. The summed E-state index contributed by atoms with van der Waals surface area (Å²) in [7, 11) is 0. The molecule has 0 radical (unpaired) electrons. The Bertz CT molecular complexity index is 2080. The summed E-state index contributed by atoms with van der Waals surface area (Å²) in [6.45, 7) is 7.93. The summed E-state index contributed by atoms with van der Waals surface area (Å²) >= 11 is 0. The van der Waals surface area contributed by atoms with Gasteiger partial charge in [0.05, 0.1) is 23.4 Å². The third kappa shape index (κ3) is 8.26. The van der Waals surface area contributed by atoms with E-state index in [0.717, 1.165) is 33.2 Å². The molecule has 2 heterocycles. The number of ether oxygens (including phenoxy) is 1. The maximum atomic E-state index is 14.2. The van der Waals surface area contributed by atoms with Crippen molar-refractivity contribution in [2.24, 2.45) is 17.6 Å². The van der Waals surface area contributed by atoms with Gasteiger partial charge in [0.1, 0.15) is 5.60 Å². The van der Waals surface area contributed by atoms with Crippen molar-refractivity contribution in [1.29, 1.82) is 0 Å². The number of aromatic amines is 2. The number of nitrogens with one attached hydrogen (secondary N) is 3. The highest BCUT2D eigenvalue weighted by Crippen LogP contribution is 2.34. The Labute approximate surface area is 294 Å². The molecule has 266 valence electrons. The van der Waals surface area contributed by atoms with E-state index < -0.39 is 35.3 Å². The molecule has 0 bridgehead atoms. The van der Waals surface area contributed by atoms with E-state index >= 15 is 0 Å². The van der Waals surface area contributed by atoms with E-state index in [9.17, 15) is 19.2 Å². The predicted molar refractivity (Wildman–Crippen MR) is 193 cm³/mol. The van der Waals surface area contributed by atoms with Crippen LogP contribution in [0.15, 0.2) is 76.2 Å². The highest BCUT2D eigenvalue weighted by atomic mass is 16.6. The molecule has 5 N–H and O–H groups in total. The molecule has 1 aliphatic rings. The van der Waals surface area contributed by atoms with E-state index in [0.29, 0.717) is 43.5 Å². The average molecular weight is 694 g/mol. The Morgan fingerprint density at radius 1 is 1.04 bits per heavy atom. The van der Waals surface area contributed by atoms with E-state index in [1.165, 1.54) is 4.90 Å². The van der Waals surface area contributed by atoms with E-state index in [1.54, 1.807) is 30.5 Å². The molecule has 0 spiro atoms. The van der Waals surface area contributed by atoms with Crippen molar-refractivity contribution in [3.63, 3.8) is 0 Å². The van der Waals surface area contributed by atoms with Crippen molar-refractivity contribution in [2.75, 3.05) is 11.4 Å². The first-order valence-electron chi connectivity index (χ1n) is 17.1. The van der Waals surface area contributed by atoms with Crippen molar-refractivity contribution in [3.8, 4) is 22.5 Å². The van der Waals surface area contributed by atoms with Crippen molar-refractivity contribution in [3.05, 3.63) is 88.5 Å². The Kier molecular flexibility index (Phi) is 10.2. The normalized spacial score (nSPS) is 16.8. The quantitative estimate of drug-likeness (QED) is 0.151. The highest BCUT2D eigenvalue weighted by molar-refractivity contribution is 6.17. The van der Waals surface area contributed by atoms with E-state index in [-0.39, 0.29) is 24.1 Å². The van der Waals surface area contributed by atoms with E-state index in [2.05, 4.69) is 30.2 Å². The summed E-state index contributed by atoms with van der Waals surface area (Å²) < 4.78 is 9.98. The molecule has 0 unspecified atom stereocenters. The van der Waals surface area contributed by atoms with Gasteiger partial charge in [-0.25, -0.2) is 14.5 Å². The smallest absolute Gasteiger partial charge is 0.439 e. The number of anilines is 1. The van der Waals surface area contributed by atoms with Crippen molar-refractivity contribution in [1.82, 2.24) is 25.7 Å². The molecule has 1 aliphatic carbocycles. The number of hydrogen-bond donors (Lipinski definition) is 4. The molecule has 3 aromatic carbocycles. The number of hydrogen-bond acceptors (Lipinski definition) is 9. The topological polar surface area (TPSA) is 189 Å². The molecular formula is C38H43N7O6. The summed E-state index contributed by atoms with van der Waals surface area (Å²) in [5.74, 6) is -1.54. The van der Waals surface area contributed by atoms with Crippen LogP contribution in [0.3, 0.4) is 0 Å². The second-order valence-electron chi connectivity index (χ2n) is 14.2. The van der Waals surface area contributed by atoms with Crippen LogP contribution < -0.4 is 21.7 Å². The molecule has 1 saturated carbocycles. The highest BCUT2D eigenvalue weighted by Gasteiger charge is 2.35. The van der Waals surface area contributed by atoms with Gasteiger partial charge in [0.15, 0.2) is 5.82 Å². The van der Waals surface area contributed by atoms with Gasteiger partial charge in [-0.2, -0.15) is 5.10 Å². The van der Waals surface area contributed by atoms with Crippen LogP contribution in [0.4, 0.5) is 10.5 Å². The number of imide groups is 1. The van der Waals surface area contributed by atoms with Gasteiger partial charge in [0.2, 0.25) is 5.91 Å². The minimum Gasteiger partial charge on any atom is -0.444 e. The molecule has 2 aromatic heterocycles. The number of rotatable bonds is 9. The van der Waals surface area contributed by atoms with Gasteiger partial charge >= 0.3 is 11.8 Å². The van der Waals surface area contributed by atoms with Gasteiger partial charge in [0.25, 0.3) is 5.91 Å². The second kappa shape index (κ2) is 14.7. The van der Waals surface area contributed by atoms with Gasteiger partial charge in [-0.15, -0.1) is 0 Å². The van der Waals surface area contributed by atoms with Gasteiger partial charge in [-0.3, -0.25) is 24.2 Å². The number of fused-ring (bicyclic) bond motifs is 1. The largest absolute Gasteiger partial charge is 0.444 e. The number of alkyl carbamates (subject to hydrolysis) is 1. The lowest BCUT2D eigenvalue weighted by Crippen LogP contribution is -2.50. The summed E-state index contributed by atoms with van der Waals surface area (Å²) in [6.07, 6.45) is 4.06. The molecule has 0 aliphatic heterocycles. The summed E-state index contributed by atoms with van der Waals surface area (Å²) in [5, 5.41) is 14.8. The van der Waals surface area contributed by atoms with Crippen molar-refractivity contribution in [2.45, 2.75) is 71.4 Å². The molecule has 3 amide bonds. The second-order valence-corrected chi connectivity index (χ2v) is 14.2. The predicted octanol–water partition coefficient (Wildman–Crippen LogP) is 5.64. The SMILES string of the molecule is Cc1ccc2[nH]ncc2c1-c1cccc(C[C@H](N)C(=O)N(c2ccc(-c3noc(=O)[nH]3)cc2)C(=O)[C@H]2CC[C@H](CNC(=O)OC(C)(C)C)CC2)c1. The lowest BCUT2D eigenvalue weighted by atomic mass is 9.81. The fourth-order valence-corrected chi connectivity index (χ4v) is 6.69. The first-order chi connectivity index (χ1) is 24.4. The minimum atomic E-state index is -1.02. The molecule has 13 nitrogen and oxygen atoms in total. The summed E-state index contributed by atoms with van der Waals surface area (Å²) in [5.41, 5.74) is 11.8. The maximum absolute atomic E-state index is 14.2. The van der Waals surface area contributed by atoms with E-state index in [1.807, 2.05) is 64.1 Å². The van der Waals surface area contributed by atoms with Crippen LogP contribution in [0, 0.1) is 18.8 Å².